The Bertz CT molecular complexity index is 792. The molecule has 0 radical (unpaired) electrons. The molecule has 1 aromatic heterocycles. The van der Waals surface area contributed by atoms with E-state index in [2.05, 4.69) is 4.98 Å². The maximum absolute atomic E-state index is 12.4. The van der Waals surface area contributed by atoms with Gasteiger partial charge in [0.1, 0.15) is 0 Å². The predicted molar refractivity (Wildman–Crippen MR) is 82.8 cm³/mol. The molecule has 0 atom stereocenters. The van der Waals surface area contributed by atoms with E-state index in [1.54, 1.807) is 18.3 Å². The molecule has 0 amide bonds. The van der Waals surface area contributed by atoms with Crippen LogP contribution in [0, 0.1) is 0 Å². The zero-order chi connectivity index (χ0) is 14.1. The number of hydrogen-bond donors (Lipinski definition) is 1. The zero-order valence-corrected chi connectivity index (χ0v) is 12.0. The van der Waals surface area contributed by atoms with Crippen molar-refractivity contribution in [1.82, 2.24) is 4.98 Å². The van der Waals surface area contributed by atoms with Crippen LogP contribution in [0.2, 0.25) is 10.0 Å². The molecule has 2 nitrogen and oxygen atoms in total. The minimum absolute atomic E-state index is 0.0563. The summed E-state index contributed by atoms with van der Waals surface area (Å²) < 4.78 is 0. The van der Waals surface area contributed by atoms with Crippen LogP contribution < -0.4 is 0 Å². The summed E-state index contributed by atoms with van der Waals surface area (Å²) in [6.07, 6.45) is 2.06. The van der Waals surface area contributed by atoms with Crippen LogP contribution in [0.4, 0.5) is 0 Å². The van der Waals surface area contributed by atoms with Crippen LogP contribution in [0.5, 0.6) is 0 Å². The van der Waals surface area contributed by atoms with Gasteiger partial charge in [-0.1, -0.05) is 41.4 Å². The molecule has 0 spiro atoms. The highest BCUT2D eigenvalue weighted by Gasteiger charge is 2.13. The Morgan fingerprint density at radius 2 is 1.85 bits per heavy atom. The Hall–Kier alpha value is -1.77. The number of Topliss-reactive ketones (excluding diaryl/α,β-unsaturated/α-hetero) is 1. The summed E-state index contributed by atoms with van der Waals surface area (Å²) in [5.74, 6) is 0.0563. The Labute approximate surface area is 126 Å². The fraction of sp³-hybridized carbons (Fsp3) is 0.0625. The number of carbonyl (C=O) groups excluding carboxylic acids is 1. The van der Waals surface area contributed by atoms with E-state index in [0.717, 1.165) is 16.5 Å². The number of benzene rings is 2. The van der Waals surface area contributed by atoms with Crippen molar-refractivity contribution in [3.05, 3.63) is 69.8 Å². The van der Waals surface area contributed by atoms with E-state index in [4.69, 9.17) is 23.2 Å². The minimum atomic E-state index is 0.0563. The molecule has 1 N–H and O–H groups in total. The van der Waals surface area contributed by atoms with E-state index in [-0.39, 0.29) is 5.78 Å². The first-order valence-electron chi connectivity index (χ1n) is 6.18. The molecule has 1 heterocycles. The van der Waals surface area contributed by atoms with Gasteiger partial charge >= 0.3 is 0 Å². The smallest absolute Gasteiger partial charge is 0.169 e. The van der Waals surface area contributed by atoms with Crippen molar-refractivity contribution < 1.29 is 4.79 Å². The Morgan fingerprint density at radius 3 is 2.65 bits per heavy atom. The standard InChI is InChI=1S/C16H11Cl2NO/c17-11-3-1-2-10(6-11)7-16(20)14-9-19-15-8-12(18)4-5-13(14)15/h1-6,8-9,19H,7H2. The predicted octanol–water partition coefficient (Wildman–Crippen LogP) is 4.90. The lowest BCUT2D eigenvalue weighted by Gasteiger charge is -2.01. The van der Waals surface area contributed by atoms with Gasteiger partial charge in [0.05, 0.1) is 0 Å². The van der Waals surface area contributed by atoms with Crippen LogP contribution in [-0.2, 0) is 6.42 Å². The molecule has 3 rings (SSSR count). The summed E-state index contributed by atoms with van der Waals surface area (Å²) in [5, 5.41) is 2.18. The first-order valence-corrected chi connectivity index (χ1v) is 6.93. The van der Waals surface area contributed by atoms with Crippen molar-refractivity contribution >= 4 is 39.9 Å². The molecule has 20 heavy (non-hydrogen) atoms. The highest BCUT2D eigenvalue weighted by molar-refractivity contribution is 6.31. The fourth-order valence-corrected chi connectivity index (χ4v) is 2.64. The minimum Gasteiger partial charge on any atom is -0.360 e. The molecule has 0 saturated carbocycles. The molecule has 0 fully saturated rings. The Morgan fingerprint density at radius 1 is 1.05 bits per heavy atom. The van der Waals surface area contributed by atoms with Crippen molar-refractivity contribution in [2.45, 2.75) is 6.42 Å². The lowest BCUT2D eigenvalue weighted by molar-refractivity contribution is 0.0994. The summed E-state index contributed by atoms with van der Waals surface area (Å²) in [6, 6.07) is 12.8. The monoisotopic (exact) mass is 303 g/mol. The second-order valence-electron chi connectivity index (χ2n) is 4.62. The van der Waals surface area contributed by atoms with Crippen molar-refractivity contribution in [1.29, 1.82) is 0 Å². The molecule has 0 bridgehead atoms. The number of hydrogen-bond acceptors (Lipinski definition) is 1. The summed E-state index contributed by atoms with van der Waals surface area (Å²) >= 11 is 11.9. The molecule has 0 saturated heterocycles. The fourth-order valence-electron chi connectivity index (χ4n) is 2.26. The molecule has 0 aliphatic heterocycles. The normalized spacial score (nSPS) is 10.9. The number of aromatic nitrogens is 1. The van der Waals surface area contributed by atoms with E-state index < -0.39 is 0 Å². The topological polar surface area (TPSA) is 32.9 Å². The maximum Gasteiger partial charge on any atom is 0.169 e. The number of carbonyl (C=O) groups is 1. The average molecular weight is 304 g/mol. The lowest BCUT2D eigenvalue weighted by Crippen LogP contribution is -2.02. The van der Waals surface area contributed by atoms with Gasteiger partial charge in [0.15, 0.2) is 5.78 Å². The number of H-pyrrole nitrogens is 1. The van der Waals surface area contributed by atoms with Gasteiger partial charge < -0.3 is 4.98 Å². The summed E-state index contributed by atoms with van der Waals surface area (Å²) in [4.78, 5) is 15.5. The average Bonchev–Trinajstić information content (AvgIpc) is 2.81. The molecular weight excluding hydrogens is 293 g/mol. The summed E-state index contributed by atoms with van der Waals surface area (Å²) in [7, 11) is 0. The first kappa shape index (κ1) is 13.2. The Balaban J connectivity index is 1.93. The number of fused-ring (bicyclic) bond motifs is 1. The number of ketones is 1. The second kappa shape index (κ2) is 5.31. The number of aromatic amines is 1. The molecule has 100 valence electrons. The molecule has 4 heteroatoms. The van der Waals surface area contributed by atoms with Crippen LogP contribution >= 0.6 is 23.2 Å². The Kier molecular flexibility index (Phi) is 3.51. The van der Waals surface area contributed by atoms with Gasteiger partial charge in [-0.15, -0.1) is 0 Å². The van der Waals surface area contributed by atoms with Crippen LogP contribution in [-0.4, -0.2) is 10.8 Å². The molecule has 0 aliphatic rings. The van der Waals surface area contributed by atoms with Crippen LogP contribution in [0.1, 0.15) is 15.9 Å². The van der Waals surface area contributed by atoms with Gasteiger partial charge in [0.25, 0.3) is 0 Å². The molecular formula is C16H11Cl2NO. The summed E-state index contributed by atoms with van der Waals surface area (Å²) in [6.45, 7) is 0. The number of nitrogens with one attached hydrogen (secondary N) is 1. The lowest BCUT2D eigenvalue weighted by atomic mass is 10.0. The quantitative estimate of drug-likeness (QED) is 0.686. The number of halogens is 2. The van der Waals surface area contributed by atoms with Crippen LogP contribution in [0.25, 0.3) is 10.9 Å². The van der Waals surface area contributed by atoms with Gasteiger partial charge in [-0.05, 0) is 29.8 Å². The van der Waals surface area contributed by atoms with Crippen molar-refractivity contribution in [3.63, 3.8) is 0 Å². The van der Waals surface area contributed by atoms with E-state index in [9.17, 15) is 4.79 Å². The van der Waals surface area contributed by atoms with Gasteiger partial charge in [-0.2, -0.15) is 0 Å². The van der Waals surface area contributed by atoms with Gasteiger partial charge in [-0.25, -0.2) is 0 Å². The largest absolute Gasteiger partial charge is 0.360 e. The third kappa shape index (κ3) is 2.58. The van der Waals surface area contributed by atoms with E-state index >= 15 is 0 Å². The molecule has 0 unspecified atom stereocenters. The van der Waals surface area contributed by atoms with Gasteiger partial charge in [0.2, 0.25) is 0 Å². The SMILES string of the molecule is O=C(Cc1cccc(Cl)c1)c1c[nH]c2cc(Cl)ccc12. The maximum atomic E-state index is 12.4. The summed E-state index contributed by atoms with van der Waals surface area (Å²) in [5.41, 5.74) is 2.45. The zero-order valence-electron chi connectivity index (χ0n) is 10.5. The third-order valence-corrected chi connectivity index (χ3v) is 3.67. The van der Waals surface area contributed by atoms with Crippen molar-refractivity contribution in [3.8, 4) is 0 Å². The molecule has 3 aromatic rings. The molecule has 0 aliphatic carbocycles. The van der Waals surface area contributed by atoms with Crippen LogP contribution in [0.3, 0.4) is 0 Å². The van der Waals surface area contributed by atoms with Crippen LogP contribution in [0.15, 0.2) is 48.7 Å². The third-order valence-electron chi connectivity index (χ3n) is 3.20. The van der Waals surface area contributed by atoms with E-state index in [0.29, 0.717) is 22.0 Å². The molecule has 2 aromatic carbocycles. The first-order chi connectivity index (χ1) is 9.63. The highest BCUT2D eigenvalue weighted by Crippen LogP contribution is 2.23. The van der Waals surface area contributed by atoms with E-state index in [1.807, 2.05) is 30.3 Å². The highest BCUT2D eigenvalue weighted by atomic mass is 35.5. The number of rotatable bonds is 3. The van der Waals surface area contributed by atoms with E-state index in [1.165, 1.54) is 0 Å². The van der Waals surface area contributed by atoms with Crippen molar-refractivity contribution in [2.24, 2.45) is 0 Å². The second-order valence-corrected chi connectivity index (χ2v) is 5.50. The van der Waals surface area contributed by atoms with Crippen molar-refractivity contribution in [2.75, 3.05) is 0 Å². The van der Waals surface area contributed by atoms with Gasteiger partial charge in [0, 0.05) is 39.1 Å². The van der Waals surface area contributed by atoms with Gasteiger partial charge in [-0.3, -0.25) is 4.79 Å².